The van der Waals surface area contributed by atoms with Crippen molar-refractivity contribution in [2.24, 2.45) is 5.41 Å². The quantitative estimate of drug-likeness (QED) is 0.338. The zero-order chi connectivity index (χ0) is 32.4. The van der Waals surface area contributed by atoms with E-state index in [4.69, 9.17) is 27.9 Å². The fourth-order valence-corrected chi connectivity index (χ4v) is 8.77. The average Bonchev–Trinajstić information content (AvgIpc) is 3.43. The van der Waals surface area contributed by atoms with E-state index in [1.807, 2.05) is 6.07 Å². The van der Waals surface area contributed by atoms with E-state index in [1.165, 1.54) is 12.3 Å². The first-order chi connectivity index (χ1) is 21.2. The fourth-order valence-electron chi connectivity index (χ4n) is 7.94. The molecule has 3 fully saturated rings. The van der Waals surface area contributed by atoms with Crippen LogP contribution in [0.4, 0.5) is 10.1 Å². The predicted molar refractivity (Wildman–Crippen MR) is 169 cm³/mol. The summed E-state index contributed by atoms with van der Waals surface area (Å²) in [5.41, 5.74) is -0.878. The smallest absolute Gasteiger partial charge is 0.238 e. The molecule has 2 saturated heterocycles. The summed E-state index contributed by atoms with van der Waals surface area (Å²) in [6.07, 6.45) is 6.00. The zero-order valence-corrected chi connectivity index (χ0v) is 27.7. The van der Waals surface area contributed by atoms with Crippen LogP contribution in [0.25, 0.3) is 0 Å². The van der Waals surface area contributed by atoms with E-state index < -0.39 is 38.8 Å². The molecule has 2 spiro atoms. The molecule has 0 bridgehead atoms. The Morgan fingerprint density at radius 3 is 2.56 bits per heavy atom. The van der Waals surface area contributed by atoms with Gasteiger partial charge < -0.3 is 15.4 Å². The maximum atomic E-state index is 16.1. The maximum Gasteiger partial charge on any atom is 0.238 e. The molecule has 4 heterocycles. The molecule has 4 N–H and O–H groups in total. The SMILES string of the molecule is CC1(C)CCC2(CC1)N[C@@H](C(=O)N[C@@H]1CC[C@@H](CNS(C)(=O)=O)OC1)[C@H](c1ccnc(Cl)c1F)[C@]21C(=O)Nc2cc(Cl)ccc21. The second kappa shape index (κ2) is 11.7. The number of hydrogen-bond acceptors (Lipinski definition) is 7. The van der Waals surface area contributed by atoms with E-state index in [1.54, 1.807) is 12.1 Å². The Morgan fingerprint density at radius 2 is 1.89 bits per heavy atom. The van der Waals surface area contributed by atoms with Crippen LogP contribution in [-0.2, 0) is 29.8 Å². The number of rotatable bonds is 6. The highest BCUT2D eigenvalue weighted by molar-refractivity contribution is 7.88. The van der Waals surface area contributed by atoms with Gasteiger partial charge in [0, 0.05) is 34.9 Å². The number of nitrogens with zero attached hydrogens (tertiary/aromatic N) is 1. The number of anilines is 1. The van der Waals surface area contributed by atoms with Gasteiger partial charge in [0.15, 0.2) is 11.0 Å². The molecule has 2 amide bonds. The van der Waals surface area contributed by atoms with Crippen LogP contribution in [0.3, 0.4) is 0 Å². The molecule has 45 heavy (non-hydrogen) atoms. The topological polar surface area (TPSA) is 139 Å². The first-order valence-corrected chi connectivity index (χ1v) is 17.9. The molecule has 14 heteroatoms. The number of nitrogens with one attached hydrogen (secondary N) is 4. The van der Waals surface area contributed by atoms with Crippen molar-refractivity contribution in [3.63, 3.8) is 0 Å². The fraction of sp³-hybridized carbons (Fsp3) is 0.581. The lowest BCUT2D eigenvalue weighted by molar-refractivity contribution is -0.125. The molecular formula is C31H38Cl2FN5O5S. The number of fused-ring (bicyclic) bond motifs is 3. The Morgan fingerprint density at radius 1 is 1.16 bits per heavy atom. The molecule has 3 aliphatic heterocycles. The molecule has 2 aromatic rings. The number of sulfonamides is 1. The molecular weight excluding hydrogens is 644 g/mol. The molecule has 244 valence electrons. The Bertz CT molecular complexity index is 1620. The highest BCUT2D eigenvalue weighted by atomic mass is 35.5. The summed E-state index contributed by atoms with van der Waals surface area (Å²) in [5, 5.41) is 9.87. The number of pyridine rings is 1. The number of halogens is 3. The van der Waals surface area contributed by atoms with Crippen molar-refractivity contribution >= 4 is 50.7 Å². The van der Waals surface area contributed by atoms with Crippen LogP contribution in [0.15, 0.2) is 30.5 Å². The standard InChI is InChI=1S/C31H38Cl2FN5O5S/c1-29(2)9-11-30(12-10-29)31(21-7-4-17(32)14-22(21)38-28(31)41)23(20-8-13-35-26(33)24(20)34)25(39-30)27(40)37-18-5-6-19(44-16-18)15-36-45(3,42)43/h4,7-8,13-14,18-19,23,25,36,39H,5-6,9-12,15-16H2,1-3H3,(H,37,40)(H,38,41)/t18-,19+,23+,25-,31-/m1/s1. The lowest BCUT2D eigenvalue weighted by Gasteiger charge is -2.50. The number of ether oxygens (including phenoxy) is 1. The second-order valence-corrected chi connectivity index (χ2v) is 16.3. The third-order valence-electron chi connectivity index (χ3n) is 10.2. The van der Waals surface area contributed by atoms with Gasteiger partial charge in [0.1, 0.15) is 5.41 Å². The summed E-state index contributed by atoms with van der Waals surface area (Å²) in [6, 6.07) is 5.37. The normalized spacial score (nSPS) is 30.3. The Hall–Kier alpha value is -2.35. The molecule has 0 unspecified atom stereocenters. The summed E-state index contributed by atoms with van der Waals surface area (Å²) < 4.78 is 47.4. The second-order valence-electron chi connectivity index (χ2n) is 13.7. The maximum absolute atomic E-state index is 16.1. The van der Waals surface area contributed by atoms with Gasteiger partial charge in [0.2, 0.25) is 21.8 Å². The molecule has 6 rings (SSSR count). The molecule has 5 atom stereocenters. The van der Waals surface area contributed by atoms with Gasteiger partial charge in [-0.3, -0.25) is 14.9 Å². The minimum absolute atomic E-state index is 0.0229. The Balaban J connectivity index is 1.40. The van der Waals surface area contributed by atoms with Crippen LogP contribution in [0.1, 0.15) is 69.4 Å². The van der Waals surface area contributed by atoms with Gasteiger partial charge in [-0.1, -0.05) is 43.1 Å². The Kier molecular flexibility index (Phi) is 8.48. The molecule has 4 aliphatic rings. The summed E-state index contributed by atoms with van der Waals surface area (Å²) in [4.78, 5) is 32.8. The molecule has 1 aromatic carbocycles. The van der Waals surface area contributed by atoms with Gasteiger partial charge in [0.05, 0.1) is 31.1 Å². The zero-order valence-electron chi connectivity index (χ0n) is 25.4. The lowest BCUT2D eigenvalue weighted by Crippen LogP contribution is -2.61. The van der Waals surface area contributed by atoms with Gasteiger partial charge in [-0.05, 0) is 73.3 Å². The van der Waals surface area contributed by atoms with Crippen LogP contribution in [-0.4, -0.2) is 68.4 Å². The highest BCUT2D eigenvalue weighted by Gasteiger charge is 2.73. The van der Waals surface area contributed by atoms with Gasteiger partial charge in [0.25, 0.3) is 0 Å². The monoisotopic (exact) mass is 681 g/mol. The summed E-state index contributed by atoms with van der Waals surface area (Å²) >= 11 is 12.6. The van der Waals surface area contributed by atoms with Gasteiger partial charge in [-0.15, -0.1) is 0 Å². The van der Waals surface area contributed by atoms with Crippen molar-refractivity contribution in [1.82, 2.24) is 20.3 Å². The van der Waals surface area contributed by atoms with E-state index in [2.05, 4.69) is 39.5 Å². The van der Waals surface area contributed by atoms with Crippen molar-refractivity contribution in [3.05, 3.63) is 57.6 Å². The first-order valence-electron chi connectivity index (χ1n) is 15.2. The first kappa shape index (κ1) is 32.6. The highest BCUT2D eigenvalue weighted by Crippen LogP contribution is 2.64. The summed E-state index contributed by atoms with van der Waals surface area (Å²) in [5.74, 6) is -2.45. The van der Waals surface area contributed by atoms with Crippen LogP contribution in [0, 0.1) is 11.2 Å². The molecule has 1 aliphatic carbocycles. The molecule has 10 nitrogen and oxygen atoms in total. The number of aromatic nitrogens is 1. The summed E-state index contributed by atoms with van der Waals surface area (Å²) in [6.45, 7) is 4.71. The van der Waals surface area contributed by atoms with Crippen molar-refractivity contribution in [2.75, 3.05) is 24.7 Å². The van der Waals surface area contributed by atoms with Crippen molar-refractivity contribution in [1.29, 1.82) is 0 Å². The average molecular weight is 683 g/mol. The third-order valence-corrected chi connectivity index (χ3v) is 11.4. The number of benzene rings is 1. The minimum Gasteiger partial charge on any atom is -0.375 e. The largest absolute Gasteiger partial charge is 0.375 e. The number of carbonyl (C=O) groups is 2. The van der Waals surface area contributed by atoms with Crippen molar-refractivity contribution < 1.29 is 27.1 Å². The van der Waals surface area contributed by atoms with Crippen LogP contribution < -0.4 is 20.7 Å². The van der Waals surface area contributed by atoms with Crippen molar-refractivity contribution in [3.8, 4) is 0 Å². The van der Waals surface area contributed by atoms with E-state index in [9.17, 15) is 18.0 Å². The Labute approximate surface area is 272 Å². The van der Waals surface area contributed by atoms with Gasteiger partial charge in [-0.25, -0.2) is 22.5 Å². The van der Waals surface area contributed by atoms with Crippen molar-refractivity contribution in [2.45, 2.75) is 87.4 Å². The molecule has 1 aromatic heterocycles. The van der Waals surface area contributed by atoms with Crippen LogP contribution in [0.2, 0.25) is 10.2 Å². The number of hydrogen-bond donors (Lipinski definition) is 4. The number of amides is 2. The van der Waals surface area contributed by atoms with Gasteiger partial charge >= 0.3 is 0 Å². The summed E-state index contributed by atoms with van der Waals surface area (Å²) in [7, 11) is -3.36. The molecule has 1 saturated carbocycles. The van der Waals surface area contributed by atoms with Crippen LogP contribution in [0.5, 0.6) is 0 Å². The predicted octanol–water partition coefficient (Wildman–Crippen LogP) is 4.03. The third kappa shape index (κ3) is 5.76. The van der Waals surface area contributed by atoms with E-state index >= 15 is 4.39 Å². The molecule has 0 radical (unpaired) electrons. The number of carbonyl (C=O) groups excluding carboxylic acids is 2. The van der Waals surface area contributed by atoms with Gasteiger partial charge in [-0.2, -0.15) is 0 Å². The van der Waals surface area contributed by atoms with Crippen LogP contribution >= 0.6 is 23.2 Å². The van der Waals surface area contributed by atoms with E-state index in [0.717, 1.165) is 19.1 Å². The van der Waals surface area contributed by atoms with E-state index in [0.29, 0.717) is 42.0 Å². The minimum atomic E-state index is -3.36. The van der Waals surface area contributed by atoms with E-state index in [-0.39, 0.29) is 53.2 Å². The lowest BCUT2D eigenvalue weighted by atomic mass is 9.53.